The zero-order valence-corrected chi connectivity index (χ0v) is 12.1. The van der Waals surface area contributed by atoms with Gasteiger partial charge in [-0.25, -0.2) is 9.98 Å². The van der Waals surface area contributed by atoms with E-state index in [2.05, 4.69) is 54.1 Å². The average molecular weight is 264 g/mol. The molecule has 2 aromatic rings. The van der Waals surface area contributed by atoms with E-state index in [1.165, 1.54) is 11.1 Å². The number of nitrogens with zero attached hydrogens (tertiary/aromatic N) is 2. The van der Waals surface area contributed by atoms with E-state index in [0.717, 1.165) is 13.0 Å². The molecule has 2 nitrogen and oxygen atoms in total. The van der Waals surface area contributed by atoms with Crippen LogP contribution >= 0.6 is 0 Å². The van der Waals surface area contributed by atoms with Crippen LogP contribution in [0, 0.1) is 0 Å². The summed E-state index contributed by atoms with van der Waals surface area (Å²) in [7, 11) is 0. The summed E-state index contributed by atoms with van der Waals surface area (Å²) in [5, 5.41) is 0. The Morgan fingerprint density at radius 1 is 0.900 bits per heavy atom. The third-order valence-electron chi connectivity index (χ3n) is 3.24. The molecule has 0 saturated heterocycles. The Hall–Kier alpha value is -2.18. The summed E-state index contributed by atoms with van der Waals surface area (Å²) in [6, 6.07) is 23.4. The van der Waals surface area contributed by atoms with Crippen molar-refractivity contribution in [2.45, 2.75) is 25.8 Å². The molecule has 0 aliphatic heterocycles. The molecular formula is C18H20N2. The predicted octanol–water partition coefficient (Wildman–Crippen LogP) is 4.34. The minimum atomic E-state index is -0.280. The SMILES string of the molecule is CC(C)(N=C=NCCc1ccccc1)c1ccccc1. The molecule has 0 aliphatic rings. The smallest absolute Gasteiger partial charge is 0.0910 e. The van der Waals surface area contributed by atoms with Gasteiger partial charge < -0.3 is 0 Å². The molecular weight excluding hydrogens is 244 g/mol. The minimum Gasteiger partial charge on any atom is -0.225 e. The first-order valence-corrected chi connectivity index (χ1v) is 6.91. The van der Waals surface area contributed by atoms with Crippen LogP contribution in [0.2, 0.25) is 0 Å². The van der Waals surface area contributed by atoms with Gasteiger partial charge in [0.05, 0.1) is 18.1 Å². The Morgan fingerprint density at radius 3 is 2.15 bits per heavy atom. The standard InChI is InChI=1S/C18H20N2/c1-18(2,17-11-7-4-8-12-17)20-15-19-14-13-16-9-5-3-6-10-16/h3-12H,13-14H2,1-2H3. The molecule has 0 spiro atoms. The highest BCUT2D eigenvalue weighted by Gasteiger charge is 2.17. The predicted molar refractivity (Wildman–Crippen MR) is 84.3 cm³/mol. The van der Waals surface area contributed by atoms with Crippen molar-refractivity contribution in [3.05, 3.63) is 71.8 Å². The first-order chi connectivity index (χ1) is 9.68. The maximum Gasteiger partial charge on any atom is 0.0910 e. The van der Waals surface area contributed by atoms with E-state index in [1.807, 2.05) is 36.4 Å². The van der Waals surface area contributed by atoms with E-state index in [-0.39, 0.29) is 5.54 Å². The van der Waals surface area contributed by atoms with Crippen LogP contribution in [0.25, 0.3) is 0 Å². The molecule has 2 heteroatoms. The molecule has 0 radical (unpaired) electrons. The van der Waals surface area contributed by atoms with Gasteiger partial charge in [0, 0.05) is 0 Å². The second-order valence-corrected chi connectivity index (χ2v) is 5.25. The van der Waals surface area contributed by atoms with Crippen molar-refractivity contribution >= 4 is 6.01 Å². The van der Waals surface area contributed by atoms with E-state index in [4.69, 9.17) is 0 Å². The lowest BCUT2D eigenvalue weighted by Gasteiger charge is -2.17. The lowest BCUT2D eigenvalue weighted by atomic mass is 9.95. The molecule has 2 rings (SSSR count). The van der Waals surface area contributed by atoms with Crippen LogP contribution in [0.1, 0.15) is 25.0 Å². The van der Waals surface area contributed by atoms with Gasteiger partial charge in [-0.2, -0.15) is 0 Å². The van der Waals surface area contributed by atoms with Gasteiger partial charge in [0.1, 0.15) is 0 Å². The van der Waals surface area contributed by atoms with Gasteiger partial charge in [0.25, 0.3) is 0 Å². The van der Waals surface area contributed by atoms with Gasteiger partial charge in [-0.1, -0.05) is 60.7 Å². The first-order valence-electron chi connectivity index (χ1n) is 6.91. The largest absolute Gasteiger partial charge is 0.225 e. The van der Waals surface area contributed by atoms with Crippen molar-refractivity contribution in [1.29, 1.82) is 0 Å². The second-order valence-electron chi connectivity index (χ2n) is 5.25. The number of hydrogen-bond acceptors (Lipinski definition) is 2. The quantitative estimate of drug-likeness (QED) is 0.718. The molecule has 20 heavy (non-hydrogen) atoms. The third-order valence-corrected chi connectivity index (χ3v) is 3.24. The summed E-state index contributed by atoms with van der Waals surface area (Å²) in [6.07, 6.45) is 0.926. The Morgan fingerprint density at radius 2 is 1.50 bits per heavy atom. The summed E-state index contributed by atoms with van der Waals surface area (Å²) in [5.41, 5.74) is 2.18. The molecule has 0 amide bonds. The van der Waals surface area contributed by atoms with Crippen molar-refractivity contribution in [1.82, 2.24) is 0 Å². The Labute approximate surface area is 120 Å². The van der Waals surface area contributed by atoms with Gasteiger partial charge in [0.2, 0.25) is 0 Å². The van der Waals surface area contributed by atoms with E-state index in [0.29, 0.717) is 0 Å². The van der Waals surface area contributed by atoms with Crippen LogP contribution in [0.4, 0.5) is 0 Å². The van der Waals surface area contributed by atoms with Gasteiger partial charge in [-0.3, -0.25) is 0 Å². The van der Waals surface area contributed by atoms with Gasteiger partial charge in [-0.05, 0) is 31.4 Å². The monoisotopic (exact) mass is 264 g/mol. The summed E-state index contributed by atoms with van der Waals surface area (Å²) in [5.74, 6) is 0. The third kappa shape index (κ3) is 4.18. The molecule has 0 atom stereocenters. The van der Waals surface area contributed by atoms with Crippen molar-refractivity contribution in [2.24, 2.45) is 9.98 Å². The van der Waals surface area contributed by atoms with Crippen molar-refractivity contribution in [2.75, 3.05) is 6.54 Å². The van der Waals surface area contributed by atoms with Crippen LogP contribution in [-0.2, 0) is 12.0 Å². The van der Waals surface area contributed by atoms with Crippen molar-refractivity contribution in [3.8, 4) is 0 Å². The molecule has 0 aromatic heterocycles. The fourth-order valence-electron chi connectivity index (χ4n) is 1.95. The zero-order chi connectivity index (χ0) is 14.3. The number of hydrogen-bond donors (Lipinski definition) is 0. The Kier molecular flexibility index (Phi) is 4.86. The lowest BCUT2D eigenvalue weighted by molar-refractivity contribution is 0.561. The highest BCUT2D eigenvalue weighted by atomic mass is 14.9. The summed E-state index contributed by atoms with van der Waals surface area (Å²) < 4.78 is 0. The van der Waals surface area contributed by atoms with E-state index in [9.17, 15) is 0 Å². The van der Waals surface area contributed by atoms with Crippen LogP contribution in [-0.4, -0.2) is 12.6 Å². The highest BCUT2D eigenvalue weighted by Crippen LogP contribution is 2.23. The van der Waals surface area contributed by atoms with Crippen molar-refractivity contribution < 1.29 is 0 Å². The van der Waals surface area contributed by atoms with E-state index >= 15 is 0 Å². The molecule has 0 unspecified atom stereocenters. The minimum absolute atomic E-state index is 0.280. The number of aliphatic imine (C=N–C) groups is 2. The highest BCUT2D eigenvalue weighted by molar-refractivity contribution is 5.43. The fourth-order valence-corrected chi connectivity index (χ4v) is 1.95. The first kappa shape index (κ1) is 14.2. The molecule has 0 bridgehead atoms. The molecule has 0 saturated carbocycles. The molecule has 0 aliphatic carbocycles. The van der Waals surface area contributed by atoms with Gasteiger partial charge in [-0.15, -0.1) is 0 Å². The van der Waals surface area contributed by atoms with E-state index in [1.54, 1.807) is 0 Å². The lowest BCUT2D eigenvalue weighted by Crippen LogP contribution is -2.12. The van der Waals surface area contributed by atoms with Crippen LogP contribution in [0.15, 0.2) is 70.6 Å². The topological polar surface area (TPSA) is 24.7 Å². The van der Waals surface area contributed by atoms with Crippen LogP contribution < -0.4 is 0 Å². The second kappa shape index (κ2) is 6.83. The number of benzene rings is 2. The average Bonchev–Trinajstić information content (AvgIpc) is 2.49. The maximum absolute atomic E-state index is 4.44. The summed E-state index contributed by atoms with van der Waals surface area (Å²) >= 11 is 0. The molecule has 0 heterocycles. The summed E-state index contributed by atoms with van der Waals surface area (Å²) in [4.78, 5) is 8.70. The molecule has 0 N–H and O–H groups in total. The van der Waals surface area contributed by atoms with E-state index < -0.39 is 0 Å². The van der Waals surface area contributed by atoms with Crippen LogP contribution in [0.5, 0.6) is 0 Å². The number of rotatable bonds is 5. The van der Waals surface area contributed by atoms with Crippen LogP contribution in [0.3, 0.4) is 0 Å². The zero-order valence-electron chi connectivity index (χ0n) is 12.1. The normalized spacial score (nSPS) is 10.7. The van der Waals surface area contributed by atoms with Gasteiger partial charge in [0.15, 0.2) is 0 Å². The summed E-state index contributed by atoms with van der Waals surface area (Å²) in [6.45, 7) is 4.86. The van der Waals surface area contributed by atoms with Crippen molar-refractivity contribution in [3.63, 3.8) is 0 Å². The van der Waals surface area contributed by atoms with Gasteiger partial charge >= 0.3 is 0 Å². The molecule has 102 valence electrons. The Balaban J connectivity index is 1.93. The molecule has 0 fully saturated rings. The Bertz CT molecular complexity index is 579. The molecule has 2 aromatic carbocycles. The maximum atomic E-state index is 4.44. The fraction of sp³-hybridized carbons (Fsp3) is 0.278.